The van der Waals surface area contributed by atoms with E-state index in [1.54, 1.807) is 36.4 Å². The lowest BCUT2D eigenvalue weighted by Gasteiger charge is -2.20. The van der Waals surface area contributed by atoms with Crippen molar-refractivity contribution in [3.05, 3.63) is 66.7 Å². The van der Waals surface area contributed by atoms with Gasteiger partial charge in [-0.05, 0) is 30.4 Å². The van der Waals surface area contributed by atoms with Crippen LogP contribution in [0.1, 0.15) is 5.56 Å². The zero-order valence-electron chi connectivity index (χ0n) is 13.5. The molecule has 122 valence electrons. The van der Waals surface area contributed by atoms with E-state index in [4.69, 9.17) is 9.05 Å². The van der Waals surface area contributed by atoms with Gasteiger partial charge in [0.2, 0.25) is 8.32 Å². The van der Waals surface area contributed by atoms with E-state index in [0.29, 0.717) is 10.9 Å². The van der Waals surface area contributed by atoms with Gasteiger partial charge in [0.1, 0.15) is 5.76 Å². The van der Waals surface area contributed by atoms with Gasteiger partial charge < -0.3 is 9.32 Å². The lowest BCUT2D eigenvalue weighted by molar-refractivity contribution is 0.321. The Hall–Kier alpha value is -1.65. The summed E-state index contributed by atoms with van der Waals surface area (Å²) in [7, 11) is -4.45. The first-order valence-corrected chi connectivity index (χ1v) is 11.7. The molecule has 0 aliphatic carbocycles. The van der Waals surface area contributed by atoms with Crippen LogP contribution in [0.4, 0.5) is 0 Å². The molecule has 1 N–H and O–H groups in total. The molecule has 0 fully saturated rings. The van der Waals surface area contributed by atoms with Gasteiger partial charge in [-0.3, -0.25) is 4.52 Å². The Morgan fingerprint density at radius 2 is 1.65 bits per heavy atom. The van der Waals surface area contributed by atoms with Crippen LogP contribution in [-0.2, 0) is 13.6 Å². The van der Waals surface area contributed by atoms with Crippen molar-refractivity contribution >= 4 is 32.2 Å². The van der Waals surface area contributed by atoms with Gasteiger partial charge in [0.05, 0.1) is 5.30 Å². The summed E-state index contributed by atoms with van der Waals surface area (Å²) in [5.74, 6) is 0.267. The third-order valence-corrected chi connectivity index (χ3v) is 7.07. The van der Waals surface area contributed by atoms with Gasteiger partial charge in [-0.15, -0.1) is 0 Å². The number of benzene rings is 2. The second-order valence-electron chi connectivity index (χ2n) is 5.67. The molecule has 0 bridgehead atoms. The van der Waals surface area contributed by atoms with Gasteiger partial charge in [-0.2, -0.15) is 0 Å². The van der Waals surface area contributed by atoms with Crippen molar-refractivity contribution in [3.63, 3.8) is 0 Å². The molecule has 2 aromatic carbocycles. The minimum absolute atomic E-state index is 0.267. The fourth-order valence-corrected chi connectivity index (χ4v) is 4.37. The zero-order chi connectivity index (χ0) is 17.1. The summed E-state index contributed by atoms with van der Waals surface area (Å²) in [4.78, 5) is 10.1. The van der Waals surface area contributed by atoms with Gasteiger partial charge in [-0.1, -0.05) is 49.0 Å². The topological polar surface area (TPSA) is 55.8 Å². The van der Waals surface area contributed by atoms with Gasteiger partial charge >= 0.3 is 7.60 Å². The van der Waals surface area contributed by atoms with E-state index in [2.05, 4.69) is 6.58 Å². The highest BCUT2D eigenvalue weighted by atomic mass is 31.2. The summed E-state index contributed by atoms with van der Waals surface area (Å²) < 4.78 is 23.6. The summed E-state index contributed by atoms with van der Waals surface area (Å²) in [5, 5.41) is 1.39. The molecular formula is C17H21O4PSi. The van der Waals surface area contributed by atoms with Crippen molar-refractivity contribution in [1.29, 1.82) is 0 Å². The van der Waals surface area contributed by atoms with Crippen LogP contribution in [0.2, 0.25) is 13.1 Å². The molecule has 0 aliphatic heterocycles. The molecule has 1 atom stereocenters. The Morgan fingerprint density at radius 1 is 1.09 bits per heavy atom. The summed E-state index contributed by atoms with van der Waals surface area (Å²) in [6, 6.07) is 16.1. The molecule has 2 rings (SSSR count). The fourth-order valence-electron chi connectivity index (χ4n) is 2.07. The first-order valence-electron chi connectivity index (χ1n) is 7.19. The van der Waals surface area contributed by atoms with Gasteiger partial charge in [0.25, 0.3) is 0 Å². The lowest BCUT2D eigenvalue weighted by atomic mass is 10.2. The van der Waals surface area contributed by atoms with E-state index in [0.717, 1.165) is 5.19 Å². The second kappa shape index (κ2) is 6.85. The average Bonchev–Trinajstić information content (AvgIpc) is 2.55. The fraction of sp³-hybridized carbons (Fsp3) is 0.176. The highest BCUT2D eigenvalue weighted by Crippen LogP contribution is 2.49. The van der Waals surface area contributed by atoms with E-state index in [1.165, 1.54) is 7.11 Å². The van der Waals surface area contributed by atoms with E-state index in [1.807, 2.05) is 31.3 Å². The van der Waals surface area contributed by atoms with Crippen LogP contribution in [0, 0.1) is 0 Å². The summed E-state index contributed by atoms with van der Waals surface area (Å²) in [6.45, 7) is 7.55. The van der Waals surface area contributed by atoms with E-state index >= 15 is 0 Å². The maximum atomic E-state index is 12.9. The molecule has 2 aromatic rings. The molecule has 0 saturated carbocycles. The molecule has 0 radical (unpaired) electrons. The van der Waals surface area contributed by atoms with Gasteiger partial charge in [0, 0.05) is 12.7 Å². The summed E-state index contributed by atoms with van der Waals surface area (Å²) >= 11 is 0. The average molecular weight is 348 g/mol. The van der Waals surface area contributed by atoms with Crippen molar-refractivity contribution in [2.75, 3.05) is 7.11 Å². The Kier molecular flexibility index (Phi) is 5.27. The molecule has 0 heterocycles. The Labute approximate surface area is 138 Å². The largest absolute Gasteiger partial charge is 0.428 e. The van der Waals surface area contributed by atoms with Crippen LogP contribution in [-0.4, -0.2) is 20.2 Å². The molecule has 0 saturated heterocycles. The quantitative estimate of drug-likeness (QED) is 0.495. The predicted octanol–water partition coefficient (Wildman–Crippen LogP) is 3.24. The number of hydrogen-bond acceptors (Lipinski definition) is 4. The SMILES string of the molecule is C=C(OP(=O)(OC)c1ccccc1)c1ccc([Si](C)(C)O)cc1. The van der Waals surface area contributed by atoms with Crippen molar-refractivity contribution in [2.24, 2.45) is 0 Å². The molecule has 0 amide bonds. The first-order chi connectivity index (χ1) is 10.8. The molecule has 0 aromatic heterocycles. The Bertz CT molecular complexity index is 721. The van der Waals surface area contributed by atoms with Crippen LogP contribution in [0.3, 0.4) is 0 Å². The molecule has 0 spiro atoms. The number of rotatable bonds is 6. The molecule has 23 heavy (non-hydrogen) atoms. The first kappa shape index (κ1) is 17.7. The third-order valence-electron chi connectivity index (χ3n) is 3.46. The summed E-state index contributed by atoms with van der Waals surface area (Å²) in [6.07, 6.45) is 0. The van der Waals surface area contributed by atoms with Crippen molar-refractivity contribution in [1.82, 2.24) is 0 Å². The second-order valence-corrected chi connectivity index (χ2v) is 11.4. The van der Waals surface area contributed by atoms with E-state index < -0.39 is 15.9 Å². The predicted molar refractivity (Wildman–Crippen MR) is 96.6 cm³/mol. The van der Waals surface area contributed by atoms with E-state index in [9.17, 15) is 9.36 Å². The monoisotopic (exact) mass is 348 g/mol. The van der Waals surface area contributed by atoms with Crippen LogP contribution < -0.4 is 10.5 Å². The molecular weight excluding hydrogens is 327 g/mol. The van der Waals surface area contributed by atoms with Crippen LogP contribution in [0.5, 0.6) is 0 Å². The smallest absolute Gasteiger partial charge is 0.410 e. The van der Waals surface area contributed by atoms with Gasteiger partial charge in [-0.25, -0.2) is 4.57 Å². The number of hydrogen-bond donors (Lipinski definition) is 1. The maximum Gasteiger partial charge on any atom is 0.410 e. The molecule has 0 aliphatic rings. The standard InChI is InChI=1S/C17H21O4PSi/c1-14(15-10-12-17(13-11-15)23(3,4)19)21-22(18,20-2)16-8-6-5-7-9-16/h5-13,19H,1H2,2-4H3. The molecule has 6 heteroatoms. The lowest BCUT2D eigenvalue weighted by Crippen LogP contribution is -2.41. The minimum Gasteiger partial charge on any atom is -0.428 e. The third kappa shape index (κ3) is 4.21. The Morgan fingerprint density at radius 3 is 2.13 bits per heavy atom. The highest BCUT2D eigenvalue weighted by molar-refractivity contribution is 7.62. The molecule has 1 unspecified atom stereocenters. The van der Waals surface area contributed by atoms with Crippen LogP contribution >= 0.6 is 7.60 Å². The highest BCUT2D eigenvalue weighted by Gasteiger charge is 2.28. The maximum absolute atomic E-state index is 12.9. The minimum atomic E-state index is -3.46. The van der Waals surface area contributed by atoms with Crippen molar-refractivity contribution in [3.8, 4) is 0 Å². The zero-order valence-corrected chi connectivity index (χ0v) is 15.4. The molecule has 4 nitrogen and oxygen atoms in total. The van der Waals surface area contributed by atoms with Crippen molar-refractivity contribution < 1.29 is 18.4 Å². The Balaban J connectivity index is 2.22. The van der Waals surface area contributed by atoms with Gasteiger partial charge in [0.15, 0.2) is 0 Å². The normalized spacial score (nSPS) is 14.1. The van der Waals surface area contributed by atoms with Crippen LogP contribution in [0.25, 0.3) is 5.76 Å². The van der Waals surface area contributed by atoms with Crippen molar-refractivity contribution in [2.45, 2.75) is 13.1 Å². The van der Waals surface area contributed by atoms with Crippen LogP contribution in [0.15, 0.2) is 61.2 Å². The van der Waals surface area contributed by atoms with E-state index in [-0.39, 0.29) is 5.76 Å². The summed E-state index contributed by atoms with van der Waals surface area (Å²) in [5.41, 5.74) is 0.695.